The molecule has 13 heavy (non-hydrogen) atoms. The van der Waals surface area contributed by atoms with Crippen LogP contribution >= 0.6 is 22.6 Å². The fraction of sp³-hybridized carbons (Fsp3) is 0.250. The maximum absolute atomic E-state index is 12.9. The second-order valence-corrected chi connectivity index (χ2v) is 3.74. The van der Waals surface area contributed by atoms with Crippen molar-refractivity contribution in [3.63, 3.8) is 0 Å². The first-order chi connectivity index (χ1) is 5.88. The Balaban J connectivity index is 2.90. The van der Waals surface area contributed by atoms with Gasteiger partial charge in [-0.05, 0) is 24.6 Å². The molecule has 5 heteroatoms. The van der Waals surface area contributed by atoms with E-state index in [1.54, 1.807) is 6.92 Å². The molecule has 1 nitrogen and oxygen atoms in total. The molecule has 0 saturated carbocycles. The number of halogens is 4. The Bertz CT molecular complexity index is 309. The number of hydrogen-bond acceptors (Lipinski definition) is 1. The summed E-state index contributed by atoms with van der Waals surface area (Å²) in [4.78, 5) is 0. The Morgan fingerprint density at radius 3 is 2.46 bits per heavy atom. The molecule has 0 aromatic heterocycles. The van der Waals surface area contributed by atoms with E-state index in [-0.39, 0.29) is 0 Å². The van der Waals surface area contributed by atoms with Gasteiger partial charge in [0.15, 0.2) is 11.6 Å². The highest BCUT2D eigenvalue weighted by Gasteiger charge is 2.27. The van der Waals surface area contributed by atoms with Gasteiger partial charge in [0.25, 0.3) is 0 Å². The minimum Gasteiger partial charge on any atom is -0.422 e. The van der Waals surface area contributed by atoms with E-state index < -0.39 is 15.7 Å². The summed E-state index contributed by atoms with van der Waals surface area (Å²) in [5.74, 6) is -1.22. The number of aryl methyl sites for hydroxylation is 1. The van der Waals surface area contributed by atoms with Gasteiger partial charge >= 0.3 is 4.12 Å². The van der Waals surface area contributed by atoms with Crippen molar-refractivity contribution in [3.8, 4) is 5.75 Å². The van der Waals surface area contributed by atoms with Gasteiger partial charge in [-0.25, -0.2) is 4.39 Å². The Labute approximate surface area is 87.0 Å². The topological polar surface area (TPSA) is 9.23 Å². The predicted molar refractivity (Wildman–Crippen MR) is 50.7 cm³/mol. The van der Waals surface area contributed by atoms with Crippen molar-refractivity contribution in [2.45, 2.75) is 11.0 Å². The number of alkyl halides is 3. The average molecular weight is 302 g/mol. The third-order valence-electron chi connectivity index (χ3n) is 1.31. The summed E-state index contributed by atoms with van der Waals surface area (Å²) >= 11 is 0.783. The maximum Gasteiger partial charge on any atom is 0.451 e. The van der Waals surface area contributed by atoms with Gasteiger partial charge in [0, 0.05) is 0 Å². The van der Waals surface area contributed by atoms with Crippen LogP contribution in [0.1, 0.15) is 5.56 Å². The molecule has 0 N–H and O–H groups in total. The molecule has 0 radical (unpaired) electrons. The van der Waals surface area contributed by atoms with E-state index in [1.165, 1.54) is 12.1 Å². The van der Waals surface area contributed by atoms with Gasteiger partial charge in [-0.15, -0.1) is 0 Å². The van der Waals surface area contributed by atoms with Gasteiger partial charge in [0.1, 0.15) is 0 Å². The van der Waals surface area contributed by atoms with Gasteiger partial charge in [-0.1, -0.05) is 6.07 Å². The third-order valence-corrected chi connectivity index (χ3v) is 1.53. The van der Waals surface area contributed by atoms with Crippen molar-refractivity contribution >= 4 is 22.6 Å². The molecule has 1 aromatic carbocycles. The highest BCUT2D eigenvalue weighted by molar-refractivity contribution is 14.1. The van der Waals surface area contributed by atoms with Crippen LogP contribution in [0.15, 0.2) is 18.2 Å². The normalized spacial score (nSPS) is 11.5. The van der Waals surface area contributed by atoms with E-state index in [0.29, 0.717) is 5.56 Å². The lowest BCUT2D eigenvalue weighted by molar-refractivity contribution is -0.0713. The zero-order chi connectivity index (χ0) is 10.1. The lowest BCUT2D eigenvalue weighted by atomic mass is 10.2. The largest absolute Gasteiger partial charge is 0.451 e. The summed E-state index contributed by atoms with van der Waals surface area (Å²) < 4.78 is 38.2. The molecule has 72 valence electrons. The predicted octanol–water partition coefficient (Wildman–Crippen LogP) is 3.50. The van der Waals surface area contributed by atoms with Gasteiger partial charge < -0.3 is 4.74 Å². The molecule has 0 fully saturated rings. The SMILES string of the molecule is Cc1ccc(OC(F)(F)I)c(F)c1. The van der Waals surface area contributed by atoms with E-state index in [2.05, 4.69) is 4.74 Å². The zero-order valence-electron chi connectivity index (χ0n) is 6.65. The van der Waals surface area contributed by atoms with Crippen LogP contribution in [0.4, 0.5) is 13.2 Å². The Kier molecular flexibility index (Phi) is 3.05. The molecule has 0 spiro atoms. The van der Waals surface area contributed by atoms with Crippen LogP contribution < -0.4 is 4.74 Å². The fourth-order valence-electron chi connectivity index (χ4n) is 0.813. The average Bonchev–Trinajstić information content (AvgIpc) is 1.93. The van der Waals surface area contributed by atoms with Gasteiger partial charge in [0.05, 0.1) is 22.6 Å². The van der Waals surface area contributed by atoms with E-state index in [1.807, 2.05) is 0 Å². The monoisotopic (exact) mass is 302 g/mol. The number of benzene rings is 1. The zero-order valence-corrected chi connectivity index (χ0v) is 8.81. The Morgan fingerprint density at radius 1 is 1.38 bits per heavy atom. The summed E-state index contributed by atoms with van der Waals surface area (Å²) in [7, 11) is 0. The third kappa shape index (κ3) is 3.41. The highest BCUT2D eigenvalue weighted by atomic mass is 127. The minimum atomic E-state index is -3.38. The summed E-state index contributed by atoms with van der Waals surface area (Å²) in [6, 6.07) is 3.82. The molecule has 0 heterocycles. The van der Waals surface area contributed by atoms with Crippen molar-refractivity contribution < 1.29 is 17.9 Å². The van der Waals surface area contributed by atoms with E-state index >= 15 is 0 Å². The van der Waals surface area contributed by atoms with Gasteiger partial charge in [-0.3, -0.25) is 0 Å². The van der Waals surface area contributed by atoms with Crippen LogP contribution in [0.5, 0.6) is 5.75 Å². The quantitative estimate of drug-likeness (QED) is 0.600. The van der Waals surface area contributed by atoms with E-state index in [0.717, 1.165) is 28.7 Å². The van der Waals surface area contributed by atoms with Crippen LogP contribution in [0.3, 0.4) is 0 Å². The van der Waals surface area contributed by atoms with Crippen molar-refractivity contribution in [1.82, 2.24) is 0 Å². The fourth-order valence-corrected chi connectivity index (χ4v) is 1.05. The van der Waals surface area contributed by atoms with Crippen molar-refractivity contribution in [2.24, 2.45) is 0 Å². The Morgan fingerprint density at radius 2 is 2.00 bits per heavy atom. The van der Waals surface area contributed by atoms with Gasteiger partial charge in [0.2, 0.25) is 0 Å². The molecule has 1 aromatic rings. The first kappa shape index (κ1) is 10.6. The van der Waals surface area contributed by atoms with Crippen LogP contribution in [-0.2, 0) is 0 Å². The summed E-state index contributed by atoms with van der Waals surface area (Å²) in [5, 5.41) is 0. The lowest BCUT2D eigenvalue weighted by Gasteiger charge is -2.11. The summed E-state index contributed by atoms with van der Waals surface area (Å²) in [6.07, 6.45) is 0. The second-order valence-electron chi connectivity index (χ2n) is 2.48. The van der Waals surface area contributed by atoms with E-state index in [4.69, 9.17) is 0 Å². The van der Waals surface area contributed by atoms with Gasteiger partial charge in [-0.2, -0.15) is 8.78 Å². The number of rotatable bonds is 2. The van der Waals surface area contributed by atoms with Crippen molar-refractivity contribution in [1.29, 1.82) is 0 Å². The molecule has 0 unspecified atom stereocenters. The molecule has 0 atom stereocenters. The van der Waals surface area contributed by atoms with Crippen LogP contribution in [0.25, 0.3) is 0 Å². The lowest BCUT2D eigenvalue weighted by Crippen LogP contribution is -2.15. The molecule has 0 aliphatic carbocycles. The molecule has 0 aliphatic heterocycles. The van der Waals surface area contributed by atoms with Crippen LogP contribution in [0, 0.1) is 12.7 Å². The first-order valence-corrected chi connectivity index (χ1v) is 4.48. The summed E-state index contributed by atoms with van der Waals surface area (Å²) in [6.45, 7) is 1.66. The Hall–Kier alpha value is -0.460. The molecule has 1 rings (SSSR count). The molecular formula is C8H6F3IO. The maximum atomic E-state index is 12.9. The van der Waals surface area contributed by atoms with Crippen molar-refractivity contribution in [3.05, 3.63) is 29.6 Å². The van der Waals surface area contributed by atoms with E-state index in [9.17, 15) is 13.2 Å². The highest BCUT2D eigenvalue weighted by Crippen LogP contribution is 2.29. The van der Waals surface area contributed by atoms with Crippen molar-refractivity contribution in [2.75, 3.05) is 0 Å². The number of ether oxygens (including phenoxy) is 1. The number of hydrogen-bond donors (Lipinski definition) is 0. The molecule has 0 saturated heterocycles. The van der Waals surface area contributed by atoms with Crippen LogP contribution in [-0.4, -0.2) is 4.12 Å². The smallest absolute Gasteiger partial charge is 0.422 e. The standard InChI is InChI=1S/C8H6F3IO/c1-5-2-3-7(6(9)4-5)13-8(10,11)12/h2-4H,1H3. The second kappa shape index (κ2) is 3.73. The summed E-state index contributed by atoms with van der Waals surface area (Å²) in [5.41, 5.74) is 0.654. The molecule has 0 aliphatic rings. The molecular weight excluding hydrogens is 296 g/mol. The minimum absolute atomic E-state index is 0.440. The molecule has 0 amide bonds. The van der Waals surface area contributed by atoms with Crippen LogP contribution in [0.2, 0.25) is 0 Å². The first-order valence-electron chi connectivity index (χ1n) is 3.40. The molecule has 0 bridgehead atoms.